The third-order valence-corrected chi connectivity index (χ3v) is 4.37. The fourth-order valence-corrected chi connectivity index (χ4v) is 3.33. The molecule has 0 spiro atoms. The standard InChI is InChI=1S/C16H24N2O/c1-3-4-13-5-6-15(10-17)16(9-13)18(2)11-14-7-8-19-12-14/h7-8,12-13,15-16H,3-6,9,11H2,1-2H3. The minimum absolute atomic E-state index is 0.185. The van der Waals surface area contributed by atoms with Crippen molar-refractivity contribution < 1.29 is 4.42 Å². The van der Waals surface area contributed by atoms with Crippen LogP contribution in [-0.4, -0.2) is 18.0 Å². The van der Waals surface area contributed by atoms with E-state index in [4.69, 9.17) is 4.42 Å². The van der Waals surface area contributed by atoms with Crippen molar-refractivity contribution >= 4 is 0 Å². The van der Waals surface area contributed by atoms with Crippen molar-refractivity contribution in [2.75, 3.05) is 7.05 Å². The number of nitrogens with zero attached hydrogens (tertiary/aromatic N) is 2. The lowest BCUT2D eigenvalue weighted by molar-refractivity contribution is 0.115. The van der Waals surface area contributed by atoms with Crippen LogP contribution in [-0.2, 0) is 6.54 Å². The fourth-order valence-electron chi connectivity index (χ4n) is 3.33. The summed E-state index contributed by atoms with van der Waals surface area (Å²) in [5.74, 6) is 0.983. The Labute approximate surface area is 116 Å². The van der Waals surface area contributed by atoms with Crippen LogP contribution in [0.25, 0.3) is 0 Å². The predicted octanol–water partition coefficient (Wildman–Crippen LogP) is 3.82. The van der Waals surface area contributed by atoms with Gasteiger partial charge in [0.1, 0.15) is 0 Å². The molecule has 1 heterocycles. The van der Waals surface area contributed by atoms with E-state index >= 15 is 0 Å². The van der Waals surface area contributed by atoms with Gasteiger partial charge in [0.05, 0.1) is 24.5 Å². The number of rotatable bonds is 5. The third-order valence-electron chi connectivity index (χ3n) is 4.37. The van der Waals surface area contributed by atoms with Crippen molar-refractivity contribution in [2.45, 2.75) is 51.6 Å². The molecule has 0 N–H and O–H groups in total. The lowest BCUT2D eigenvalue weighted by Gasteiger charge is -2.38. The largest absolute Gasteiger partial charge is 0.472 e. The second-order valence-corrected chi connectivity index (χ2v) is 5.82. The molecule has 0 amide bonds. The summed E-state index contributed by atoms with van der Waals surface area (Å²) in [5.41, 5.74) is 1.19. The summed E-state index contributed by atoms with van der Waals surface area (Å²) in [7, 11) is 2.14. The van der Waals surface area contributed by atoms with Gasteiger partial charge < -0.3 is 4.42 Å². The van der Waals surface area contributed by atoms with Crippen LogP contribution in [0.3, 0.4) is 0 Å². The van der Waals surface area contributed by atoms with Gasteiger partial charge in [0.2, 0.25) is 0 Å². The maximum absolute atomic E-state index is 9.36. The molecule has 1 aromatic rings. The van der Waals surface area contributed by atoms with Gasteiger partial charge in [0, 0.05) is 18.2 Å². The highest BCUT2D eigenvalue weighted by molar-refractivity contribution is 5.06. The van der Waals surface area contributed by atoms with Crippen LogP contribution in [0.2, 0.25) is 0 Å². The Morgan fingerprint density at radius 1 is 1.47 bits per heavy atom. The van der Waals surface area contributed by atoms with Crippen LogP contribution >= 0.6 is 0 Å². The van der Waals surface area contributed by atoms with Crippen LogP contribution in [0.5, 0.6) is 0 Å². The number of hydrogen-bond donors (Lipinski definition) is 0. The average Bonchev–Trinajstić information content (AvgIpc) is 2.92. The minimum Gasteiger partial charge on any atom is -0.472 e. The first-order valence-corrected chi connectivity index (χ1v) is 7.35. The Hall–Kier alpha value is -1.27. The van der Waals surface area contributed by atoms with E-state index in [1.54, 1.807) is 12.5 Å². The van der Waals surface area contributed by atoms with Crippen LogP contribution in [0, 0.1) is 23.2 Å². The summed E-state index contributed by atoms with van der Waals surface area (Å²) in [5, 5.41) is 9.36. The van der Waals surface area contributed by atoms with E-state index in [0.29, 0.717) is 6.04 Å². The first-order valence-electron chi connectivity index (χ1n) is 7.35. The molecule has 3 atom stereocenters. The highest BCUT2D eigenvalue weighted by Crippen LogP contribution is 2.34. The number of hydrogen-bond acceptors (Lipinski definition) is 3. The summed E-state index contributed by atoms with van der Waals surface area (Å²) in [4.78, 5) is 2.33. The van der Waals surface area contributed by atoms with Gasteiger partial charge >= 0.3 is 0 Å². The molecule has 1 fully saturated rings. The van der Waals surface area contributed by atoms with Gasteiger partial charge in [0.15, 0.2) is 0 Å². The van der Waals surface area contributed by atoms with Gasteiger partial charge in [-0.05, 0) is 38.3 Å². The number of furan rings is 1. The maximum Gasteiger partial charge on any atom is 0.0947 e. The van der Waals surface area contributed by atoms with Crippen molar-refractivity contribution in [3.63, 3.8) is 0 Å². The van der Waals surface area contributed by atoms with Crippen LogP contribution < -0.4 is 0 Å². The first kappa shape index (κ1) is 14.1. The van der Waals surface area contributed by atoms with E-state index in [-0.39, 0.29) is 5.92 Å². The molecule has 3 nitrogen and oxygen atoms in total. The molecular weight excluding hydrogens is 236 g/mol. The van der Waals surface area contributed by atoms with Crippen molar-refractivity contribution in [1.29, 1.82) is 5.26 Å². The highest BCUT2D eigenvalue weighted by Gasteiger charge is 2.32. The zero-order valence-corrected chi connectivity index (χ0v) is 12.0. The Morgan fingerprint density at radius 3 is 2.95 bits per heavy atom. The smallest absolute Gasteiger partial charge is 0.0947 e. The molecule has 0 radical (unpaired) electrons. The summed E-state index contributed by atoms with van der Waals surface area (Å²) >= 11 is 0. The average molecular weight is 260 g/mol. The summed E-state index contributed by atoms with van der Waals surface area (Å²) < 4.78 is 5.12. The topological polar surface area (TPSA) is 40.2 Å². The molecule has 1 saturated carbocycles. The lowest BCUT2D eigenvalue weighted by atomic mass is 9.76. The van der Waals surface area contributed by atoms with Gasteiger partial charge in [-0.2, -0.15) is 5.26 Å². The quantitative estimate of drug-likeness (QED) is 0.808. The van der Waals surface area contributed by atoms with Crippen LogP contribution in [0.15, 0.2) is 23.0 Å². The summed E-state index contributed by atoms with van der Waals surface area (Å²) in [6, 6.07) is 4.91. The molecular formula is C16H24N2O. The van der Waals surface area contributed by atoms with E-state index in [0.717, 1.165) is 18.9 Å². The van der Waals surface area contributed by atoms with Crippen molar-refractivity contribution in [2.24, 2.45) is 11.8 Å². The summed E-state index contributed by atoms with van der Waals surface area (Å²) in [6.07, 6.45) is 9.51. The molecule has 0 aromatic carbocycles. The van der Waals surface area contributed by atoms with Gasteiger partial charge in [-0.15, -0.1) is 0 Å². The van der Waals surface area contributed by atoms with Gasteiger partial charge in [-0.1, -0.05) is 19.8 Å². The van der Waals surface area contributed by atoms with Gasteiger partial charge in [-0.25, -0.2) is 0 Å². The molecule has 19 heavy (non-hydrogen) atoms. The lowest BCUT2D eigenvalue weighted by Crippen LogP contribution is -2.41. The van der Waals surface area contributed by atoms with Crippen LogP contribution in [0.4, 0.5) is 0 Å². The summed E-state index contributed by atoms with van der Waals surface area (Å²) in [6.45, 7) is 3.12. The molecule has 3 unspecified atom stereocenters. The fraction of sp³-hybridized carbons (Fsp3) is 0.688. The Morgan fingerprint density at radius 2 is 2.32 bits per heavy atom. The zero-order chi connectivity index (χ0) is 13.7. The molecule has 104 valence electrons. The Kier molecular flexibility index (Phi) is 5.04. The maximum atomic E-state index is 9.36. The van der Waals surface area contributed by atoms with E-state index in [1.165, 1.54) is 31.2 Å². The first-order chi connectivity index (χ1) is 9.24. The monoisotopic (exact) mass is 260 g/mol. The highest BCUT2D eigenvalue weighted by atomic mass is 16.3. The molecule has 1 aliphatic rings. The van der Waals surface area contributed by atoms with Crippen molar-refractivity contribution in [1.82, 2.24) is 4.90 Å². The molecule has 1 aliphatic carbocycles. The third kappa shape index (κ3) is 3.61. The minimum atomic E-state index is 0.185. The zero-order valence-electron chi connectivity index (χ0n) is 12.0. The van der Waals surface area contributed by atoms with E-state index < -0.39 is 0 Å². The molecule has 0 aliphatic heterocycles. The van der Waals surface area contributed by atoms with E-state index in [9.17, 15) is 5.26 Å². The Bertz CT molecular complexity index is 407. The van der Waals surface area contributed by atoms with E-state index in [1.807, 2.05) is 6.07 Å². The molecule has 0 saturated heterocycles. The predicted molar refractivity (Wildman–Crippen MR) is 75.3 cm³/mol. The molecule has 3 heteroatoms. The SMILES string of the molecule is CCCC1CCC(C#N)C(N(C)Cc2ccoc2)C1. The second kappa shape index (κ2) is 6.77. The van der Waals surface area contributed by atoms with Crippen molar-refractivity contribution in [3.05, 3.63) is 24.2 Å². The molecule has 1 aromatic heterocycles. The van der Waals surface area contributed by atoms with Gasteiger partial charge in [0.25, 0.3) is 0 Å². The normalized spacial score (nSPS) is 27.4. The molecule has 2 rings (SSSR count). The van der Waals surface area contributed by atoms with E-state index in [2.05, 4.69) is 24.9 Å². The van der Waals surface area contributed by atoms with Gasteiger partial charge in [-0.3, -0.25) is 4.90 Å². The Balaban J connectivity index is 1.99. The molecule has 0 bridgehead atoms. The van der Waals surface area contributed by atoms with Crippen LogP contribution in [0.1, 0.15) is 44.6 Å². The van der Waals surface area contributed by atoms with Crippen molar-refractivity contribution in [3.8, 4) is 6.07 Å². The number of nitriles is 1. The second-order valence-electron chi connectivity index (χ2n) is 5.82.